The van der Waals surface area contributed by atoms with Crippen LogP contribution in [0.1, 0.15) is 129 Å². The lowest BCUT2D eigenvalue weighted by atomic mass is 9.83. The van der Waals surface area contributed by atoms with Gasteiger partial charge in [0.1, 0.15) is 5.78 Å². The number of hydrogen-bond donors (Lipinski definition) is 1. The van der Waals surface area contributed by atoms with E-state index in [0.29, 0.717) is 45.3 Å². The molecule has 63 heavy (non-hydrogen) atoms. The molecule has 1 aromatic heterocycles. The fourth-order valence-electron chi connectivity index (χ4n) is 9.56. The maximum Gasteiger partial charge on any atom is 0.226 e. The van der Waals surface area contributed by atoms with Crippen LogP contribution in [0, 0.1) is 29.6 Å². The van der Waals surface area contributed by atoms with Crippen LogP contribution in [-0.4, -0.2) is 121 Å². The number of aromatic nitrogens is 1. The lowest BCUT2D eigenvalue weighted by molar-refractivity contribution is -0.149. The summed E-state index contributed by atoms with van der Waals surface area (Å²) in [6.45, 7) is 14.7. The zero-order chi connectivity index (χ0) is 46.8. The average Bonchev–Trinajstić information content (AvgIpc) is 3.99. The molecule has 2 N–H and O–H groups in total. The van der Waals surface area contributed by atoms with E-state index in [2.05, 4.69) is 35.8 Å². The van der Waals surface area contributed by atoms with Gasteiger partial charge >= 0.3 is 0 Å². The number of carbonyl (C=O) groups is 5. The molecular formula is C49H79N5O8S. The van der Waals surface area contributed by atoms with Crippen LogP contribution in [0.3, 0.4) is 0 Å². The first-order valence-electron chi connectivity index (χ1n) is 23.2. The first kappa shape index (κ1) is 53.8. The van der Waals surface area contributed by atoms with Crippen molar-refractivity contribution in [3.05, 3.63) is 52.5 Å². The van der Waals surface area contributed by atoms with Gasteiger partial charge in [0, 0.05) is 83.5 Å². The highest BCUT2D eigenvalue weighted by Crippen LogP contribution is 2.34. The van der Waals surface area contributed by atoms with Crippen LogP contribution in [0.4, 0.5) is 0 Å². The summed E-state index contributed by atoms with van der Waals surface area (Å²) < 4.78 is 12.2. The molecule has 14 heteroatoms. The number of methoxy groups -OCH3 is 2. The van der Waals surface area contributed by atoms with Gasteiger partial charge in [0.15, 0.2) is 5.78 Å². The molecule has 1 fully saturated rings. The number of ketones is 2. The van der Waals surface area contributed by atoms with Crippen molar-refractivity contribution in [3.8, 4) is 0 Å². The van der Waals surface area contributed by atoms with E-state index in [4.69, 9.17) is 15.4 Å². The molecular weight excluding hydrogens is 819 g/mol. The molecule has 1 aliphatic heterocycles. The smallest absolute Gasteiger partial charge is 0.226 e. The summed E-state index contributed by atoms with van der Waals surface area (Å²) in [4.78, 5) is 84.8. The normalized spacial score (nSPS) is 18.1. The predicted octanol–water partition coefficient (Wildman–Crippen LogP) is 7.51. The van der Waals surface area contributed by atoms with Gasteiger partial charge in [0.2, 0.25) is 17.7 Å². The van der Waals surface area contributed by atoms with E-state index in [-0.39, 0.29) is 71.8 Å². The van der Waals surface area contributed by atoms with Gasteiger partial charge in [-0.15, -0.1) is 11.3 Å². The number of amides is 3. The number of ether oxygens (including phenoxy) is 2. The van der Waals surface area contributed by atoms with Crippen LogP contribution < -0.4 is 5.90 Å². The number of thiazole rings is 1. The molecule has 354 valence electrons. The average molecular weight is 898 g/mol. The van der Waals surface area contributed by atoms with Crippen molar-refractivity contribution in [1.82, 2.24) is 19.7 Å². The number of carbonyl (C=O) groups excluding carboxylic acids is 5. The van der Waals surface area contributed by atoms with Crippen molar-refractivity contribution in [1.29, 1.82) is 0 Å². The van der Waals surface area contributed by atoms with Gasteiger partial charge in [-0.25, -0.2) is 10.9 Å². The van der Waals surface area contributed by atoms with Crippen molar-refractivity contribution in [2.24, 2.45) is 35.5 Å². The summed E-state index contributed by atoms with van der Waals surface area (Å²) in [6, 6.07) is 8.71. The molecule has 0 spiro atoms. The van der Waals surface area contributed by atoms with Crippen molar-refractivity contribution in [2.45, 2.75) is 155 Å². The fourth-order valence-corrected chi connectivity index (χ4v) is 10.3. The molecule has 2 heterocycles. The highest BCUT2D eigenvalue weighted by molar-refractivity contribution is 7.09. The summed E-state index contributed by atoms with van der Waals surface area (Å²) in [6.07, 6.45) is 6.42. The molecule has 1 saturated heterocycles. The molecule has 13 nitrogen and oxygen atoms in total. The van der Waals surface area contributed by atoms with Crippen molar-refractivity contribution in [3.63, 3.8) is 0 Å². The Morgan fingerprint density at radius 3 is 2.16 bits per heavy atom. The third kappa shape index (κ3) is 15.3. The number of rotatable bonds is 29. The number of likely N-dealkylation sites (N-methyl/N-ethyl adjacent to an activating group) is 2. The summed E-state index contributed by atoms with van der Waals surface area (Å²) in [5, 5.41) is 2.87. The third-order valence-corrected chi connectivity index (χ3v) is 14.3. The quantitative estimate of drug-likeness (QED) is 0.0639. The summed E-state index contributed by atoms with van der Waals surface area (Å²) >= 11 is 1.56. The lowest BCUT2D eigenvalue weighted by Crippen LogP contribution is -2.54. The zero-order valence-electron chi connectivity index (χ0n) is 40.1. The monoisotopic (exact) mass is 898 g/mol. The van der Waals surface area contributed by atoms with Gasteiger partial charge in [0.25, 0.3) is 0 Å². The number of Topliss-reactive ketones (excluding diaryl/α,β-unsaturated/α-hetero) is 2. The van der Waals surface area contributed by atoms with E-state index in [1.54, 1.807) is 55.6 Å². The van der Waals surface area contributed by atoms with Crippen LogP contribution in [0.2, 0.25) is 0 Å². The second kappa shape index (κ2) is 27.0. The number of hydrogen-bond acceptors (Lipinski definition) is 11. The molecule has 1 aliphatic rings. The number of unbranched alkanes of at least 4 members (excludes halogenated alkanes) is 2. The van der Waals surface area contributed by atoms with Crippen LogP contribution in [-0.2, 0) is 44.7 Å². The predicted molar refractivity (Wildman–Crippen MR) is 249 cm³/mol. The van der Waals surface area contributed by atoms with Crippen LogP contribution in [0.5, 0.6) is 0 Å². The Bertz CT molecular complexity index is 1690. The van der Waals surface area contributed by atoms with E-state index in [0.717, 1.165) is 36.3 Å². The second-order valence-electron chi connectivity index (χ2n) is 18.4. The molecule has 1 aromatic carbocycles. The fraction of sp³-hybridized carbons (Fsp3) is 0.714. The highest BCUT2D eigenvalue weighted by Gasteiger charge is 2.43. The first-order chi connectivity index (χ1) is 30.0. The number of benzene rings is 1. The van der Waals surface area contributed by atoms with E-state index >= 15 is 0 Å². The number of likely N-dealkylation sites (tertiary alicyclic amines) is 1. The number of nitrogens with zero attached hydrogens (tertiary/aromatic N) is 4. The molecule has 3 rings (SSSR count). The summed E-state index contributed by atoms with van der Waals surface area (Å²) in [5.41, 5.74) is 1.15. The summed E-state index contributed by atoms with van der Waals surface area (Å²) in [5.74, 6) is 3.11. The maximum absolute atomic E-state index is 14.6. The Hall–Kier alpha value is -3.56. The Kier molecular flexibility index (Phi) is 23.1. The Morgan fingerprint density at radius 1 is 0.889 bits per heavy atom. The van der Waals surface area contributed by atoms with Gasteiger partial charge in [-0.2, -0.15) is 0 Å². The molecule has 0 saturated carbocycles. The molecule has 0 unspecified atom stereocenters. The Labute approximate surface area is 382 Å². The minimum Gasteiger partial charge on any atom is -0.379 e. The van der Waals surface area contributed by atoms with Gasteiger partial charge in [-0.1, -0.05) is 91.6 Å². The summed E-state index contributed by atoms with van der Waals surface area (Å²) in [7, 11) is 6.63. The molecule has 2 aromatic rings. The SMILES string of the molecule is CC[C@H](C)[C@@H]([C@@H](CC(=O)N1CCC[C@H]1[C@H](OC)[C@@H](C)C(=O)C[C@@H](Cc1ccccc1)c1nccs1)OC)N(C)C(=O)[C@@H](CC(=O)[C@H](C(C)C)N(C)C(=O)CCCCCON)C(C)C. The van der Waals surface area contributed by atoms with E-state index in [1.165, 1.54) is 0 Å². The third-order valence-electron chi connectivity index (χ3n) is 13.4. The van der Waals surface area contributed by atoms with E-state index in [1.807, 2.05) is 63.1 Å². The van der Waals surface area contributed by atoms with Crippen molar-refractivity contribution >= 4 is 40.6 Å². The second-order valence-corrected chi connectivity index (χ2v) is 19.3. The van der Waals surface area contributed by atoms with E-state index < -0.39 is 36.1 Å². The Balaban J connectivity index is 1.77. The zero-order valence-corrected chi connectivity index (χ0v) is 40.9. The van der Waals surface area contributed by atoms with Crippen molar-refractivity contribution < 1.29 is 38.3 Å². The maximum atomic E-state index is 14.6. The van der Waals surface area contributed by atoms with Gasteiger partial charge < -0.3 is 29.0 Å². The van der Waals surface area contributed by atoms with Crippen LogP contribution in [0.25, 0.3) is 0 Å². The molecule has 9 atom stereocenters. The molecule has 0 aliphatic carbocycles. The van der Waals surface area contributed by atoms with Crippen molar-refractivity contribution in [2.75, 3.05) is 41.5 Å². The topological polar surface area (TPSA) is 162 Å². The van der Waals surface area contributed by atoms with Gasteiger partial charge in [0.05, 0.1) is 48.4 Å². The van der Waals surface area contributed by atoms with Crippen LogP contribution >= 0.6 is 11.3 Å². The van der Waals surface area contributed by atoms with Gasteiger partial charge in [-0.3, -0.25) is 24.0 Å². The number of nitrogens with two attached hydrogens (primary N) is 1. The standard InChI is InChI=1S/C49H79N5O8S/c1-12-34(6)46(53(9)49(59)38(32(2)3)30-41(56)45(33(4)5)52(8)43(57)23-17-14-18-26-62-50)42(60-10)31-44(58)54-25-19-22-39(54)47(61-11)35(7)40(55)29-37(48-51-24-27-63-48)28-36-20-15-13-16-21-36/h13,15-16,20-21,24,27,32-35,37-39,42,45-47H,12,14,17-19,22-23,25-26,28-31,50H2,1-11H3/t34-,35-,37+,38-,39-,42+,45-,46-,47+/m0/s1. The van der Waals surface area contributed by atoms with Crippen LogP contribution in [0.15, 0.2) is 41.9 Å². The highest BCUT2D eigenvalue weighted by atomic mass is 32.1. The van der Waals surface area contributed by atoms with Gasteiger partial charge in [-0.05, 0) is 55.4 Å². The molecule has 0 radical (unpaired) electrons. The molecule has 3 amide bonds. The lowest BCUT2D eigenvalue weighted by Gasteiger charge is -2.41. The van der Waals surface area contributed by atoms with E-state index in [9.17, 15) is 24.0 Å². The first-order valence-corrected chi connectivity index (χ1v) is 24.1. The Morgan fingerprint density at radius 2 is 1.59 bits per heavy atom. The minimum atomic E-state index is -0.671. The minimum absolute atomic E-state index is 0.0133. The molecule has 0 bridgehead atoms. The largest absolute Gasteiger partial charge is 0.379 e.